The van der Waals surface area contributed by atoms with Crippen molar-refractivity contribution < 1.29 is 9.47 Å². The van der Waals surface area contributed by atoms with Crippen LogP contribution in [-0.2, 0) is 0 Å². The number of para-hydroxylation sites is 1. The second-order valence-electron chi connectivity index (χ2n) is 8.29. The van der Waals surface area contributed by atoms with Crippen molar-refractivity contribution in [3.63, 3.8) is 0 Å². The predicted octanol–water partition coefficient (Wildman–Crippen LogP) is 6.42. The number of ether oxygens (including phenoxy) is 2. The van der Waals surface area contributed by atoms with Gasteiger partial charge in [0.05, 0.1) is 18.4 Å². The normalized spacial score (nSPS) is 19.3. The number of hydrogen-bond donors (Lipinski definition) is 0. The van der Waals surface area contributed by atoms with Gasteiger partial charge in [-0.05, 0) is 49.2 Å². The van der Waals surface area contributed by atoms with Gasteiger partial charge in [-0.1, -0.05) is 61.4 Å². The molecule has 4 heteroatoms. The minimum Gasteiger partial charge on any atom is -0.494 e. The molecule has 2 atom stereocenters. The van der Waals surface area contributed by atoms with Gasteiger partial charge in [-0.25, -0.2) is 5.01 Å². The zero-order valence-corrected chi connectivity index (χ0v) is 18.1. The molecule has 158 valence electrons. The van der Waals surface area contributed by atoms with Crippen molar-refractivity contribution in [3.05, 3.63) is 95.1 Å². The van der Waals surface area contributed by atoms with Gasteiger partial charge in [0, 0.05) is 17.5 Å². The summed E-state index contributed by atoms with van der Waals surface area (Å²) >= 11 is 0. The number of unbranched alkanes of at least 4 members (excludes halogenated alkanes) is 1. The molecule has 3 aromatic carbocycles. The van der Waals surface area contributed by atoms with Crippen LogP contribution in [0.25, 0.3) is 0 Å². The summed E-state index contributed by atoms with van der Waals surface area (Å²) in [4.78, 5) is 0. The quantitative estimate of drug-likeness (QED) is 0.438. The first-order valence-corrected chi connectivity index (χ1v) is 11.1. The monoisotopic (exact) mass is 412 g/mol. The summed E-state index contributed by atoms with van der Waals surface area (Å²) in [6.45, 7) is 5.03. The zero-order valence-electron chi connectivity index (χ0n) is 18.1. The molecule has 0 aromatic heterocycles. The van der Waals surface area contributed by atoms with Crippen molar-refractivity contribution in [1.82, 2.24) is 5.01 Å². The molecule has 3 aromatic rings. The Hall–Kier alpha value is -3.27. The Morgan fingerprint density at radius 2 is 1.77 bits per heavy atom. The first-order chi connectivity index (χ1) is 15.2. The summed E-state index contributed by atoms with van der Waals surface area (Å²) in [7, 11) is 0. The van der Waals surface area contributed by atoms with Crippen molar-refractivity contribution in [1.29, 1.82) is 0 Å². The summed E-state index contributed by atoms with van der Waals surface area (Å²) in [5.74, 6) is 1.84. The summed E-state index contributed by atoms with van der Waals surface area (Å²) in [6.07, 6.45) is 2.81. The van der Waals surface area contributed by atoms with E-state index in [1.807, 2.05) is 18.2 Å². The lowest BCUT2D eigenvalue weighted by Gasteiger charge is -2.38. The SMILES string of the molecule is CCCCOc1ccc([C@H]2Oc3ccccc3[C@H]3CC(c4ccc(C)cc4)=NN32)cc1. The smallest absolute Gasteiger partial charge is 0.213 e. The molecule has 0 saturated heterocycles. The highest BCUT2D eigenvalue weighted by molar-refractivity contribution is 6.02. The third-order valence-corrected chi connectivity index (χ3v) is 6.02. The molecule has 0 spiro atoms. The van der Waals surface area contributed by atoms with E-state index in [0.29, 0.717) is 0 Å². The van der Waals surface area contributed by atoms with E-state index in [4.69, 9.17) is 14.6 Å². The molecule has 0 aliphatic carbocycles. The maximum absolute atomic E-state index is 6.45. The summed E-state index contributed by atoms with van der Waals surface area (Å²) < 4.78 is 12.3. The highest BCUT2D eigenvalue weighted by Crippen LogP contribution is 2.47. The van der Waals surface area contributed by atoms with Crippen LogP contribution in [0.5, 0.6) is 11.5 Å². The van der Waals surface area contributed by atoms with Crippen molar-refractivity contribution >= 4 is 5.71 Å². The molecule has 5 rings (SSSR count). The molecule has 31 heavy (non-hydrogen) atoms. The largest absolute Gasteiger partial charge is 0.494 e. The molecule has 2 aliphatic rings. The van der Waals surface area contributed by atoms with Gasteiger partial charge in [-0.15, -0.1) is 0 Å². The van der Waals surface area contributed by atoms with Gasteiger partial charge in [0.1, 0.15) is 11.5 Å². The van der Waals surface area contributed by atoms with Gasteiger partial charge in [-0.2, -0.15) is 5.10 Å². The molecular weight excluding hydrogens is 384 g/mol. The third kappa shape index (κ3) is 3.90. The van der Waals surface area contributed by atoms with Crippen molar-refractivity contribution in [3.8, 4) is 11.5 Å². The molecule has 2 aliphatic heterocycles. The van der Waals surface area contributed by atoms with E-state index in [1.165, 1.54) is 16.7 Å². The molecule has 0 amide bonds. The van der Waals surface area contributed by atoms with Gasteiger partial charge >= 0.3 is 0 Å². The first kappa shape index (κ1) is 19.7. The van der Waals surface area contributed by atoms with Crippen LogP contribution in [0.3, 0.4) is 0 Å². The van der Waals surface area contributed by atoms with E-state index in [0.717, 1.165) is 48.6 Å². The lowest BCUT2D eigenvalue weighted by atomic mass is 9.95. The van der Waals surface area contributed by atoms with Crippen LogP contribution in [0.15, 0.2) is 77.9 Å². The van der Waals surface area contributed by atoms with E-state index in [-0.39, 0.29) is 12.3 Å². The molecule has 0 fully saturated rings. The number of aryl methyl sites for hydroxylation is 1. The Labute approximate surface area is 184 Å². The highest BCUT2D eigenvalue weighted by Gasteiger charge is 2.40. The second kappa shape index (κ2) is 8.46. The first-order valence-electron chi connectivity index (χ1n) is 11.1. The molecular formula is C27H28N2O2. The Balaban J connectivity index is 1.46. The minimum absolute atomic E-state index is 0.173. The van der Waals surface area contributed by atoms with E-state index in [2.05, 4.69) is 73.5 Å². The lowest BCUT2D eigenvalue weighted by molar-refractivity contribution is -0.0190. The maximum Gasteiger partial charge on any atom is 0.213 e. The molecule has 4 nitrogen and oxygen atoms in total. The van der Waals surface area contributed by atoms with E-state index < -0.39 is 0 Å². The van der Waals surface area contributed by atoms with Crippen LogP contribution in [-0.4, -0.2) is 17.3 Å². The number of hydrazone groups is 1. The molecule has 0 unspecified atom stereocenters. The fraction of sp³-hybridized carbons (Fsp3) is 0.296. The number of rotatable bonds is 6. The zero-order chi connectivity index (χ0) is 21.2. The Morgan fingerprint density at radius 1 is 1.00 bits per heavy atom. The standard InChI is InChI=1S/C27H28N2O2/c1-3-4-17-30-22-15-13-21(14-16-22)27-29-25(23-7-5-6-8-26(23)31-27)18-24(28-29)20-11-9-19(2)10-12-20/h5-16,25,27H,3-4,17-18H2,1-2H3/t25-,27-/m1/s1. The second-order valence-corrected chi connectivity index (χ2v) is 8.29. The minimum atomic E-state index is -0.257. The highest BCUT2D eigenvalue weighted by atomic mass is 16.5. The van der Waals surface area contributed by atoms with Crippen LogP contribution in [0, 0.1) is 6.92 Å². The molecule has 0 saturated carbocycles. The summed E-state index contributed by atoms with van der Waals surface area (Å²) in [6, 6.07) is 25.4. The van der Waals surface area contributed by atoms with E-state index in [9.17, 15) is 0 Å². The van der Waals surface area contributed by atoms with E-state index >= 15 is 0 Å². The van der Waals surface area contributed by atoms with Gasteiger partial charge in [0.2, 0.25) is 6.23 Å². The third-order valence-electron chi connectivity index (χ3n) is 6.02. The van der Waals surface area contributed by atoms with Crippen molar-refractivity contribution in [2.75, 3.05) is 6.61 Å². The Bertz CT molecular complexity index is 1070. The fourth-order valence-electron chi connectivity index (χ4n) is 4.24. The predicted molar refractivity (Wildman–Crippen MR) is 124 cm³/mol. The molecule has 2 heterocycles. The lowest BCUT2D eigenvalue weighted by Crippen LogP contribution is -2.33. The van der Waals surface area contributed by atoms with E-state index in [1.54, 1.807) is 0 Å². The number of benzene rings is 3. The number of nitrogens with zero attached hydrogens (tertiary/aromatic N) is 2. The van der Waals surface area contributed by atoms with Crippen LogP contribution in [0.1, 0.15) is 60.7 Å². The molecule has 0 bridgehead atoms. The van der Waals surface area contributed by atoms with Crippen molar-refractivity contribution in [2.24, 2.45) is 5.10 Å². The fourth-order valence-corrected chi connectivity index (χ4v) is 4.24. The van der Waals surface area contributed by atoms with Gasteiger partial charge in [0.15, 0.2) is 0 Å². The van der Waals surface area contributed by atoms with Crippen LogP contribution >= 0.6 is 0 Å². The summed E-state index contributed by atoms with van der Waals surface area (Å²) in [5, 5.41) is 7.17. The average molecular weight is 413 g/mol. The van der Waals surface area contributed by atoms with Crippen LogP contribution in [0.2, 0.25) is 0 Å². The van der Waals surface area contributed by atoms with Crippen LogP contribution < -0.4 is 9.47 Å². The van der Waals surface area contributed by atoms with Gasteiger partial charge in [-0.3, -0.25) is 0 Å². The van der Waals surface area contributed by atoms with Crippen molar-refractivity contribution in [2.45, 2.75) is 45.4 Å². The Morgan fingerprint density at radius 3 is 2.55 bits per heavy atom. The maximum atomic E-state index is 6.45. The number of fused-ring (bicyclic) bond motifs is 3. The summed E-state index contributed by atoms with van der Waals surface area (Å²) in [5.41, 5.74) is 5.82. The van der Waals surface area contributed by atoms with Gasteiger partial charge in [0.25, 0.3) is 0 Å². The molecule has 0 N–H and O–H groups in total. The average Bonchev–Trinajstić information content (AvgIpc) is 3.25. The topological polar surface area (TPSA) is 34.1 Å². The Kier molecular flexibility index (Phi) is 5.37. The van der Waals surface area contributed by atoms with Gasteiger partial charge < -0.3 is 9.47 Å². The number of hydrogen-bond acceptors (Lipinski definition) is 4. The van der Waals surface area contributed by atoms with Crippen LogP contribution in [0.4, 0.5) is 0 Å². The molecule has 0 radical (unpaired) electrons.